The first-order valence-corrected chi connectivity index (χ1v) is 9.03. The molecule has 6 heteroatoms. The smallest absolute Gasteiger partial charge is 0.251 e. The summed E-state index contributed by atoms with van der Waals surface area (Å²) in [5.41, 5.74) is 3.90. The van der Waals surface area contributed by atoms with E-state index in [0.29, 0.717) is 17.9 Å². The molecule has 0 aliphatic heterocycles. The van der Waals surface area contributed by atoms with Crippen LogP contribution in [0, 0.1) is 12.3 Å². The van der Waals surface area contributed by atoms with Gasteiger partial charge in [0.15, 0.2) is 0 Å². The number of ether oxygens (including phenoxy) is 1. The lowest BCUT2D eigenvalue weighted by molar-refractivity contribution is -0.144. The maximum absolute atomic E-state index is 11.8. The highest BCUT2D eigenvalue weighted by Crippen LogP contribution is 2.34. The summed E-state index contributed by atoms with van der Waals surface area (Å²) in [4.78, 5) is 16.3. The fourth-order valence-electron chi connectivity index (χ4n) is 3.11. The lowest BCUT2D eigenvalue weighted by Gasteiger charge is -2.28. The maximum Gasteiger partial charge on any atom is 0.251 e. The molecule has 146 valence electrons. The number of aromatic nitrogens is 1. The lowest BCUT2D eigenvalue weighted by atomic mass is 9.82. The van der Waals surface area contributed by atoms with E-state index in [4.69, 9.17) is 9.94 Å². The monoisotopic (exact) mass is 380 g/mol. The molecule has 3 aromatic rings. The number of hydrogen-bond acceptors (Lipinski definition) is 5. The minimum atomic E-state index is -1.18. The van der Waals surface area contributed by atoms with Crippen molar-refractivity contribution in [2.75, 3.05) is 0 Å². The molecule has 1 atom stereocenters. The number of amides is 1. The molecule has 0 aliphatic carbocycles. The average Bonchev–Trinajstić information content (AvgIpc) is 2.71. The summed E-state index contributed by atoms with van der Waals surface area (Å²) < 4.78 is 5.92. The number of rotatable bonds is 6. The number of nitrogens with one attached hydrogen (secondary N) is 1. The van der Waals surface area contributed by atoms with Gasteiger partial charge in [0.2, 0.25) is 0 Å². The predicted octanol–water partition coefficient (Wildman–Crippen LogP) is 3.69. The minimum absolute atomic E-state index is 0.393. The molecule has 6 nitrogen and oxygen atoms in total. The molecule has 2 aromatic carbocycles. The molecular weight excluding hydrogens is 356 g/mol. The highest BCUT2D eigenvalue weighted by Gasteiger charge is 2.36. The van der Waals surface area contributed by atoms with Crippen molar-refractivity contribution < 1.29 is 19.8 Å². The molecule has 3 rings (SSSR count). The van der Waals surface area contributed by atoms with E-state index in [1.807, 2.05) is 37.3 Å². The van der Waals surface area contributed by atoms with Crippen molar-refractivity contribution in [1.29, 1.82) is 0 Å². The Morgan fingerprint density at radius 2 is 1.86 bits per heavy atom. The Morgan fingerprint density at radius 3 is 2.54 bits per heavy atom. The Bertz CT molecular complexity index is 983. The molecule has 0 aliphatic rings. The SMILES string of the molecule is Cc1cc(COc2ccc(C(O)C(C)(C)C(=O)NO)cc2)c2ccccc2n1. The summed E-state index contributed by atoms with van der Waals surface area (Å²) in [5.74, 6) is -0.000765. The van der Waals surface area contributed by atoms with Gasteiger partial charge in [-0.2, -0.15) is 0 Å². The van der Waals surface area contributed by atoms with Crippen molar-refractivity contribution in [3.05, 3.63) is 71.4 Å². The Hall–Kier alpha value is -2.96. The van der Waals surface area contributed by atoms with Gasteiger partial charge in [-0.15, -0.1) is 0 Å². The summed E-state index contributed by atoms with van der Waals surface area (Å²) in [6.07, 6.45) is -1.07. The van der Waals surface area contributed by atoms with Crippen LogP contribution in [0.5, 0.6) is 5.75 Å². The van der Waals surface area contributed by atoms with Crippen LogP contribution in [-0.4, -0.2) is 21.2 Å². The summed E-state index contributed by atoms with van der Waals surface area (Å²) in [5, 5.41) is 20.4. The van der Waals surface area contributed by atoms with Gasteiger partial charge in [-0.1, -0.05) is 30.3 Å². The molecule has 1 aromatic heterocycles. The summed E-state index contributed by atoms with van der Waals surface area (Å²) in [6, 6.07) is 16.9. The van der Waals surface area contributed by atoms with Crippen LogP contribution in [0.4, 0.5) is 0 Å². The average molecular weight is 380 g/mol. The Kier molecular flexibility index (Phi) is 5.63. The van der Waals surface area contributed by atoms with Crippen LogP contribution in [0.1, 0.15) is 36.8 Å². The number of pyridine rings is 1. The molecule has 1 unspecified atom stereocenters. The molecule has 0 spiro atoms. The fourth-order valence-corrected chi connectivity index (χ4v) is 3.11. The van der Waals surface area contributed by atoms with Crippen molar-refractivity contribution in [3.63, 3.8) is 0 Å². The molecule has 0 saturated heterocycles. The van der Waals surface area contributed by atoms with Crippen LogP contribution in [-0.2, 0) is 11.4 Å². The molecule has 1 heterocycles. The van der Waals surface area contributed by atoms with Crippen LogP contribution in [0.2, 0.25) is 0 Å². The number of hydroxylamine groups is 1. The summed E-state index contributed by atoms with van der Waals surface area (Å²) >= 11 is 0. The van der Waals surface area contributed by atoms with E-state index in [0.717, 1.165) is 22.2 Å². The van der Waals surface area contributed by atoms with Gasteiger partial charge in [0.25, 0.3) is 5.91 Å². The minimum Gasteiger partial charge on any atom is -0.489 e. The molecular formula is C22H24N2O4. The number of nitrogens with zero attached hydrogens (tertiary/aromatic N) is 1. The number of carbonyl (C=O) groups excluding carboxylic acids is 1. The normalized spacial score (nSPS) is 12.6. The van der Waals surface area contributed by atoms with Gasteiger partial charge >= 0.3 is 0 Å². The third kappa shape index (κ3) is 3.98. The molecule has 0 radical (unpaired) electrons. The number of para-hydroxylation sites is 1. The fraction of sp³-hybridized carbons (Fsp3) is 0.273. The molecule has 0 saturated carbocycles. The summed E-state index contributed by atoms with van der Waals surface area (Å²) in [7, 11) is 0. The molecule has 0 bridgehead atoms. The standard InChI is InChI=1S/C22H24N2O4/c1-14-12-16(18-6-4-5-7-19(18)23-14)13-28-17-10-8-15(9-11-17)20(25)22(2,3)21(26)24-27/h4-12,20,25,27H,13H2,1-3H3,(H,24,26). The highest BCUT2D eigenvalue weighted by molar-refractivity contribution is 5.82. The van der Waals surface area contributed by atoms with Crippen molar-refractivity contribution in [1.82, 2.24) is 10.5 Å². The van der Waals surface area contributed by atoms with Gasteiger partial charge in [0.1, 0.15) is 12.4 Å². The van der Waals surface area contributed by atoms with E-state index in [1.165, 1.54) is 0 Å². The van der Waals surface area contributed by atoms with Crippen LogP contribution < -0.4 is 10.2 Å². The van der Waals surface area contributed by atoms with Crippen LogP contribution in [0.3, 0.4) is 0 Å². The molecule has 28 heavy (non-hydrogen) atoms. The topological polar surface area (TPSA) is 91.7 Å². The van der Waals surface area contributed by atoms with Crippen LogP contribution in [0.25, 0.3) is 10.9 Å². The second-order valence-electron chi connectivity index (χ2n) is 7.36. The zero-order valence-electron chi connectivity index (χ0n) is 16.1. The molecule has 1 amide bonds. The largest absolute Gasteiger partial charge is 0.489 e. The van der Waals surface area contributed by atoms with Gasteiger partial charge in [-0.3, -0.25) is 15.0 Å². The second-order valence-corrected chi connectivity index (χ2v) is 7.36. The summed E-state index contributed by atoms with van der Waals surface area (Å²) in [6.45, 7) is 5.47. The van der Waals surface area contributed by atoms with Gasteiger partial charge in [0.05, 0.1) is 17.0 Å². The van der Waals surface area contributed by atoms with E-state index in [-0.39, 0.29) is 0 Å². The molecule has 0 fully saturated rings. The van der Waals surface area contributed by atoms with Crippen molar-refractivity contribution in [2.45, 2.75) is 33.5 Å². The number of aliphatic hydroxyl groups excluding tert-OH is 1. The van der Waals surface area contributed by atoms with Crippen molar-refractivity contribution >= 4 is 16.8 Å². The van der Waals surface area contributed by atoms with Crippen molar-refractivity contribution in [2.24, 2.45) is 5.41 Å². The predicted molar refractivity (Wildman–Crippen MR) is 106 cm³/mol. The first kappa shape index (κ1) is 19.8. The van der Waals surface area contributed by atoms with Gasteiger partial charge in [-0.05, 0) is 50.6 Å². The van der Waals surface area contributed by atoms with Crippen LogP contribution in [0.15, 0.2) is 54.6 Å². The van der Waals surface area contributed by atoms with E-state index in [2.05, 4.69) is 4.98 Å². The van der Waals surface area contributed by atoms with E-state index in [1.54, 1.807) is 43.6 Å². The lowest BCUT2D eigenvalue weighted by Crippen LogP contribution is -2.39. The first-order chi connectivity index (χ1) is 13.3. The van der Waals surface area contributed by atoms with Gasteiger partial charge in [-0.25, -0.2) is 5.48 Å². The van der Waals surface area contributed by atoms with E-state index in [9.17, 15) is 9.90 Å². The highest BCUT2D eigenvalue weighted by atomic mass is 16.5. The third-order valence-electron chi connectivity index (χ3n) is 4.89. The number of fused-ring (bicyclic) bond motifs is 1. The van der Waals surface area contributed by atoms with E-state index >= 15 is 0 Å². The zero-order chi connectivity index (χ0) is 20.3. The number of aliphatic hydroxyl groups is 1. The number of hydrogen-bond donors (Lipinski definition) is 3. The molecule has 3 N–H and O–H groups in total. The maximum atomic E-state index is 11.8. The van der Waals surface area contributed by atoms with Crippen molar-refractivity contribution in [3.8, 4) is 5.75 Å². The van der Waals surface area contributed by atoms with Crippen LogP contribution >= 0.6 is 0 Å². The quantitative estimate of drug-likeness (QED) is 0.448. The Balaban J connectivity index is 1.75. The first-order valence-electron chi connectivity index (χ1n) is 9.03. The second kappa shape index (κ2) is 7.96. The Morgan fingerprint density at radius 1 is 1.18 bits per heavy atom. The third-order valence-corrected chi connectivity index (χ3v) is 4.89. The number of benzene rings is 2. The zero-order valence-corrected chi connectivity index (χ0v) is 16.1. The van der Waals surface area contributed by atoms with Gasteiger partial charge in [0, 0.05) is 16.6 Å². The number of aryl methyl sites for hydroxylation is 1. The Labute approximate surface area is 163 Å². The van der Waals surface area contributed by atoms with Gasteiger partial charge < -0.3 is 9.84 Å². The van der Waals surface area contributed by atoms with E-state index < -0.39 is 17.4 Å². The number of carbonyl (C=O) groups is 1.